The Hall–Kier alpha value is -1.49. The van der Waals surface area contributed by atoms with E-state index in [4.69, 9.17) is 11.6 Å². The van der Waals surface area contributed by atoms with Crippen LogP contribution < -0.4 is 0 Å². The van der Waals surface area contributed by atoms with Crippen molar-refractivity contribution in [3.05, 3.63) is 40.4 Å². The summed E-state index contributed by atoms with van der Waals surface area (Å²) in [6.07, 6.45) is 0. The average Bonchev–Trinajstić information content (AvgIpc) is 2.58. The van der Waals surface area contributed by atoms with E-state index in [0.29, 0.717) is 16.4 Å². The van der Waals surface area contributed by atoms with Crippen LogP contribution in [0.15, 0.2) is 18.2 Å². The fourth-order valence-corrected chi connectivity index (χ4v) is 1.45. The predicted molar refractivity (Wildman–Crippen MR) is 53.1 cm³/mol. The van der Waals surface area contributed by atoms with Crippen molar-refractivity contribution in [2.45, 2.75) is 13.5 Å². The van der Waals surface area contributed by atoms with Crippen molar-refractivity contribution in [3.63, 3.8) is 0 Å². The highest BCUT2D eigenvalue weighted by atomic mass is 35.5. The zero-order chi connectivity index (χ0) is 10.8. The molecule has 15 heavy (non-hydrogen) atoms. The van der Waals surface area contributed by atoms with E-state index >= 15 is 0 Å². The molecule has 2 rings (SSSR count). The molecule has 1 aromatic heterocycles. The molecular weight excluding hydrogens is 219 g/mol. The van der Waals surface area contributed by atoms with Gasteiger partial charge in [0.2, 0.25) is 0 Å². The Kier molecular flexibility index (Phi) is 2.64. The Morgan fingerprint density at radius 2 is 2.27 bits per heavy atom. The maximum atomic E-state index is 13.4. The summed E-state index contributed by atoms with van der Waals surface area (Å²) in [5, 5.41) is 11.3. The number of hydrogen-bond donors (Lipinski definition) is 0. The van der Waals surface area contributed by atoms with Crippen LogP contribution in [0, 0.1) is 12.7 Å². The lowest BCUT2D eigenvalue weighted by atomic mass is 10.2. The van der Waals surface area contributed by atoms with Gasteiger partial charge in [-0.15, -0.1) is 5.10 Å². The lowest BCUT2D eigenvalue weighted by Crippen LogP contribution is -2.06. The number of nitrogens with zero attached hydrogens (tertiary/aromatic N) is 4. The second-order valence-electron chi connectivity index (χ2n) is 3.08. The van der Waals surface area contributed by atoms with E-state index in [1.54, 1.807) is 19.1 Å². The second-order valence-corrected chi connectivity index (χ2v) is 3.49. The van der Waals surface area contributed by atoms with Crippen LogP contribution >= 0.6 is 11.6 Å². The van der Waals surface area contributed by atoms with Gasteiger partial charge in [-0.3, -0.25) is 0 Å². The molecule has 0 aliphatic rings. The van der Waals surface area contributed by atoms with Crippen LogP contribution in [-0.2, 0) is 6.54 Å². The zero-order valence-electron chi connectivity index (χ0n) is 7.98. The van der Waals surface area contributed by atoms with Gasteiger partial charge < -0.3 is 0 Å². The third kappa shape index (κ3) is 1.97. The molecule has 1 heterocycles. The molecule has 0 fully saturated rings. The van der Waals surface area contributed by atoms with Crippen molar-refractivity contribution in [2.24, 2.45) is 0 Å². The summed E-state index contributed by atoms with van der Waals surface area (Å²) in [5.41, 5.74) is 0.398. The average molecular weight is 227 g/mol. The van der Waals surface area contributed by atoms with Crippen LogP contribution in [0.4, 0.5) is 4.39 Å². The number of halogens is 2. The maximum absolute atomic E-state index is 13.4. The summed E-state index contributed by atoms with van der Waals surface area (Å²) in [4.78, 5) is 0. The molecule has 0 aliphatic heterocycles. The van der Waals surface area contributed by atoms with E-state index < -0.39 is 0 Å². The smallest absolute Gasteiger partial charge is 0.148 e. The van der Waals surface area contributed by atoms with E-state index in [1.165, 1.54) is 10.7 Å². The molecule has 78 valence electrons. The SMILES string of the molecule is Cc1nnnn1Cc1c(F)cccc1Cl. The first-order valence-corrected chi connectivity index (χ1v) is 4.72. The Morgan fingerprint density at radius 1 is 1.47 bits per heavy atom. The summed E-state index contributed by atoms with van der Waals surface area (Å²) in [6.45, 7) is 1.99. The Labute approximate surface area is 90.7 Å². The normalized spacial score (nSPS) is 10.6. The predicted octanol–water partition coefficient (Wildman–Crippen LogP) is 1.82. The topological polar surface area (TPSA) is 43.6 Å². The van der Waals surface area contributed by atoms with Crippen molar-refractivity contribution < 1.29 is 4.39 Å². The molecule has 0 saturated heterocycles. The number of tetrazole rings is 1. The molecule has 0 unspecified atom stereocenters. The Morgan fingerprint density at radius 3 is 2.87 bits per heavy atom. The lowest BCUT2D eigenvalue weighted by molar-refractivity contribution is 0.571. The highest BCUT2D eigenvalue weighted by Gasteiger charge is 2.09. The molecular formula is C9H8ClFN4. The molecule has 2 aromatic rings. The van der Waals surface area contributed by atoms with E-state index in [-0.39, 0.29) is 12.4 Å². The maximum Gasteiger partial charge on any atom is 0.148 e. The quantitative estimate of drug-likeness (QED) is 0.785. The first kappa shape index (κ1) is 10.0. The number of hydrogen-bond acceptors (Lipinski definition) is 3. The van der Waals surface area contributed by atoms with Crippen LogP contribution in [-0.4, -0.2) is 20.2 Å². The summed E-state index contributed by atoms with van der Waals surface area (Å²) in [5.74, 6) is 0.270. The van der Waals surface area contributed by atoms with Gasteiger partial charge in [-0.25, -0.2) is 9.07 Å². The fraction of sp³-hybridized carbons (Fsp3) is 0.222. The van der Waals surface area contributed by atoms with E-state index in [9.17, 15) is 4.39 Å². The molecule has 6 heteroatoms. The summed E-state index contributed by atoms with van der Waals surface area (Å²) < 4.78 is 14.9. The summed E-state index contributed by atoms with van der Waals surface area (Å²) in [7, 11) is 0. The van der Waals surface area contributed by atoms with Gasteiger partial charge in [0.25, 0.3) is 0 Å². The van der Waals surface area contributed by atoms with Crippen LogP contribution in [0.1, 0.15) is 11.4 Å². The third-order valence-corrected chi connectivity index (χ3v) is 2.43. The van der Waals surface area contributed by atoms with Gasteiger partial charge in [0.1, 0.15) is 11.6 Å². The minimum atomic E-state index is -0.350. The molecule has 0 bridgehead atoms. The van der Waals surface area contributed by atoms with Crippen molar-refractivity contribution in [1.29, 1.82) is 0 Å². The lowest BCUT2D eigenvalue weighted by Gasteiger charge is -2.05. The largest absolute Gasteiger partial charge is 0.225 e. The van der Waals surface area contributed by atoms with Crippen LogP contribution in [0.3, 0.4) is 0 Å². The zero-order valence-corrected chi connectivity index (χ0v) is 8.74. The molecule has 0 saturated carbocycles. The standard InChI is InChI=1S/C9H8ClFN4/c1-6-12-13-14-15(6)5-7-8(10)3-2-4-9(7)11/h2-4H,5H2,1H3. The molecule has 0 atom stereocenters. The van der Waals surface area contributed by atoms with E-state index in [1.807, 2.05) is 0 Å². The van der Waals surface area contributed by atoms with Gasteiger partial charge in [-0.1, -0.05) is 17.7 Å². The van der Waals surface area contributed by atoms with Crippen LogP contribution in [0.2, 0.25) is 5.02 Å². The number of benzene rings is 1. The monoisotopic (exact) mass is 226 g/mol. The van der Waals surface area contributed by atoms with Crippen molar-refractivity contribution in [2.75, 3.05) is 0 Å². The molecule has 0 amide bonds. The van der Waals surface area contributed by atoms with E-state index in [2.05, 4.69) is 15.5 Å². The molecule has 4 nitrogen and oxygen atoms in total. The van der Waals surface area contributed by atoms with Crippen molar-refractivity contribution >= 4 is 11.6 Å². The number of rotatable bonds is 2. The summed E-state index contributed by atoms with van der Waals surface area (Å²) in [6, 6.07) is 4.56. The number of aromatic nitrogens is 4. The highest BCUT2D eigenvalue weighted by molar-refractivity contribution is 6.31. The van der Waals surface area contributed by atoms with Crippen molar-refractivity contribution in [3.8, 4) is 0 Å². The first-order chi connectivity index (χ1) is 7.18. The Bertz CT molecular complexity index is 462. The first-order valence-electron chi connectivity index (χ1n) is 4.34. The van der Waals surface area contributed by atoms with Gasteiger partial charge >= 0.3 is 0 Å². The molecule has 1 aromatic carbocycles. The Balaban J connectivity index is 2.36. The molecule has 0 aliphatic carbocycles. The second kappa shape index (κ2) is 3.94. The van der Waals surface area contributed by atoms with Gasteiger partial charge in [0, 0.05) is 10.6 Å². The molecule has 0 N–H and O–H groups in total. The molecule has 0 radical (unpaired) electrons. The summed E-state index contributed by atoms with van der Waals surface area (Å²) >= 11 is 5.88. The number of aryl methyl sites for hydroxylation is 1. The fourth-order valence-electron chi connectivity index (χ4n) is 1.23. The van der Waals surface area contributed by atoms with Gasteiger partial charge in [-0.2, -0.15) is 0 Å². The van der Waals surface area contributed by atoms with Crippen LogP contribution in [0.25, 0.3) is 0 Å². The van der Waals surface area contributed by atoms with Gasteiger partial charge in [-0.05, 0) is 29.5 Å². The van der Waals surface area contributed by atoms with Crippen LogP contribution in [0.5, 0.6) is 0 Å². The van der Waals surface area contributed by atoms with Crippen molar-refractivity contribution in [1.82, 2.24) is 20.2 Å². The van der Waals surface area contributed by atoms with E-state index in [0.717, 1.165) is 0 Å². The minimum absolute atomic E-state index is 0.240. The minimum Gasteiger partial charge on any atom is -0.225 e. The highest BCUT2D eigenvalue weighted by Crippen LogP contribution is 2.19. The van der Waals surface area contributed by atoms with Gasteiger partial charge in [0.15, 0.2) is 0 Å². The van der Waals surface area contributed by atoms with Gasteiger partial charge in [0.05, 0.1) is 6.54 Å². The third-order valence-electron chi connectivity index (χ3n) is 2.08. The molecule has 0 spiro atoms.